The summed E-state index contributed by atoms with van der Waals surface area (Å²) >= 11 is 0. The molecule has 3 nitrogen and oxygen atoms in total. The Labute approximate surface area is 89.0 Å². The number of hydrogen-bond donors (Lipinski definition) is 0. The summed E-state index contributed by atoms with van der Waals surface area (Å²) in [5.41, 5.74) is 1.83. The van der Waals surface area contributed by atoms with Gasteiger partial charge in [-0.15, -0.1) is 0 Å². The molecule has 0 saturated heterocycles. The van der Waals surface area contributed by atoms with Gasteiger partial charge in [0.05, 0.1) is 7.11 Å². The largest absolute Gasteiger partial charge is 0.497 e. The van der Waals surface area contributed by atoms with Crippen LogP contribution in [0.1, 0.15) is 22.3 Å². The monoisotopic (exact) mass is 206 g/mol. The Kier molecular flexibility index (Phi) is 2.73. The van der Waals surface area contributed by atoms with Crippen molar-refractivity contribution >= 4 is 5.78 Å². The summed E-state index contributed by atoms with van der Waals surface area (Å²) in [5, 5.41) is 0. The van der Waals surface area contributed by atoms with Crippen molar-refractivity contribution in [2.75, 3.05) is 14.2 Å². The van der Waals surface area contributed by atoms with Crippen LogP contribution in [-0.4, -0.2) is 26.1 Å². The molecule has 0 amide bonds. The molecule has 15 heavy (non-hydrogen) atoms. The third-order valence-corrected chi connectivity index (χ3v) is 2.83. The Balaban J connectivity index is 2.37. The molecule has 1 unspecified atom stereocenters. The fourth-order valence-electron chi connectivity index (χ4n) is 1.96. The third-order valence-electron chi connectivity index (χ3n) is 2.83. The maximum atomic E-state index is 11.9. The fourth-order valence-corrected chi connectivity index (χ4v) is 1.96. The van der Waals surface area contributed by atoms with Gasteiger partial charge in [-0.2, -0.15) is 0 Å². The van der Waals surface area contributed by atoms with Gasteiger partial charge in [0.25, 0.3) is 0 Å². The first-order valence-electron chi connectivity index (χ1n) is 5.00. The number of Topliss-reactive ketones (excluding diaryl/α,β-unsaturated/α-hetero) is 1. The van der Waals surface area contributed by atoms with Crippen molar-refractivity contribution < 1.29 is 14.3 Å². The van der Waals surface area contributed by atoms with Crippen molar-refractivity contribution in [1.82, 2.24) is 0 Å². The molecular weight excluding hydrogens is 192 g/mol. The van der Waals surface area contributed by atoms with E-state index < -0.39 is 0 Å². The molecule has 1 aliphatic carbocycles. The number of aryl methyl sites for hydroxylation is 1. The zero-order valence-electron chi connectivity index (χ0n) is 8.95. The molecule has 3 heteroatoms. The van der Waals surface area contributed by atoms with Gasteiger partial charge in [-0.3, -0.25) is 4.79 Å². The number of benzene rings is 1. The number of hydrogen-bond acceptors (Lipinski definition) is 3. The van der Waals surface area contributed by atoms with Gasteiger partial charge in [0.2, 0.25) is 0 Å². The molecule has 0 N–H and O–H groups in total. The summed E-state index contributed by atoms with van der Waals surface area (Å²) in [6.45, 7) is 0. The quantitative estimate of drug-likeness (QED) is 0.740. The van der Waals surface area contributed by atoms with Gasteiger partial charge in [-0.1, -0.05) is 0 Å². The maximum Gasteiger partial charge on any atom is 0.191 e. The number of ketones is 1. The fraction of sp³-hybridized carbons (Fsp3) is 0.417. The highest BCUT2D eigenvalue weighted by molar-refractivity contribution is 6.01. The lowest BCUT2D eigenvalue weighted by atomic mass is 9.88. The number of ether oxygens (including phenoxy) is 2. The minimum absolute atomic E-state index is 0.0846. The Morgan fingerprint density at radius 2 is 2.13 bits per heavy atom. The van der Waals surface area contributed by atoms with Crippen LogP contribution in [0.4, 0.5) is 0 Å². The molecule has 1 atom stereocenters. The molecular formula is C12H14O3. The highest BCUT2D eigenvalue weighted by Gasteiger charge is 2.27. The Bertz CT molecular complexity index is 384. The molecule has 2 rings (SSSR count). The average molecular weight is 206 g/mol. The SMILES string of the molecule is COc1ccc2c(c1)CCC(OC)C2=O. The van der Waals surface area contributed by atoms with E-state index in [0.29, 0.717) is 0 Å². The zero-order chi connectivity index (χ0) is 10.8. The number of rotatable bonds is 2. The van der Waals surface area contributed by atoms with E-state index in [1.54, 1.807) is 14.2 Å². The smallest absolute Gasteiger partial charge is 0.191 e. The van der Waals surface area contributed by atoms with Gasteiger partial charge in [0, 0.05) is 12.7 Å². The minimum Gasteiger partial charge on any atom is -0.497 e. The van der Waals surface area contributed by atoms with Crippen molar-refractivity contribution in [2.24, 2.45) is 0 Å². The molecule has 0 spiro atoms. The Hall–Kier alpha value is -1.35. The highest BCUT2D eigenvalue weighted by Crippen LogP contribution is 2.26. The van der Waals surface area contributed by atoms with Crippen LogP contribution in [0.15, 0.2) is 18.2 Å². The van der Waals surface area contributed by atoms with Crippen LogP contribution in [0.5, 0.6) is 5.75 Å². The maximum absolute atomic E-state index is 11.9. The van der Waals surface area contributed by atoms with Crippen molar-refractivity contribution in [3.63, 3.8) is 0 Å². The first kappa shape index (κ1) is 10.2. The lowest BCUT2D eigenvalue weighted by molar-refractivity contribution is 0.0559. The molecule has 0 radical (unpaired) electrons. The van der Waals surface area contributed by atoms with Crippen molar-refractivity contribution in [3.8, 4) is 5.75 Å². The summed E-state index contributed by atoms with van der Waals surface area (Å²) in [4.78, 5) is 11.9. The highest BCUT2D eigenvalue weighted by atomic mass is 16.5. The molecule has 0 saturated carbocycles. The average Bonchev–Trinajstić information content (AvgIpc) is 2.29. The number of carbonyl (C=O) groups excluding carboxylic acids is 1. The van der Waals surface area contributed by atoms with E-state index in [1.807, 2.05) is 18.2 Å². The van der Waals surface area contributed by atoms with Crippen molar-refractivity contribution in [2.45, 2.75) is 18.9 Å². The molecule has 0 heterocycles. The Morgan fingerprint density at radius 1 is 1.33 bits per heavy atom. The zero-order valence-corrected chi connectivity index (χ0v) is 8.95. The van der Waals surface area contributed by atoms with Gasteiger partial charge < -0.3 is 9.47 Å². The molecule has 1 aromatic carbocycles. The van der Waals surface area contributed by atoms with Crippen LogP contribution in [-0.2, 0) is 11.2 Å². The van der Waals surface area contributed by atoms with Crippen molar-refractivity contribution in [1.29, 1.82) is 0 Å². The lowest BCUT2D eigenvalue weighted by Crippen LogP contribution is -2.29. The predicted molar refractivity (Wildman–Crippen MR) is 56.4 cm³/mol. The van der Waals surface area contributed by atoms with Gasteiger partial charge in [0.15, 0.2) is 5.78 Å². The van der Waals surface area contributed by atoms with E-state index in [-0.39, 0.29) is 11.9 Å². The van der Waals surface area contributed by atoms with E-state index in [1.165, 1.54) is 0 Å². The van der Waals surface area contributed by atoms with E-state index in [4.69, 9.17) is 9.47 Å². The molecule has 1 aliphatic rings. The first-order chi connectivity index (χ1) is 7.26. The second kappa shape index (κ2) is 4.03. The molecule has 0 aromatic heterocycles. The Morgan fingerprint density at radius 3 is 2.80 bits per heavy atom. The summed E-state index contributed by atoms with van der Waals surface area (Å²) in [6.07, 6.45) is 1.36. The van der Waals surface area contributed by atoms with Gasteiger partial charge in [-0.05, 0) is 36.6 Å². The molecule has 80 valence electrons. The normalized spacial score (nSPS) is 19.9. The van der Waals surface area contributed by atoms with Crippen LogP contribution in [0.25, 0.3) is 0 Å². The minimum atomic E-state index is -0.272. The standard InChI is InChI=1S/C12H14O3/c1-14-9-4-5-10-8(7-9)3-6-11(15-2)12(10)13/h4-5,7,11H,3,6H2,1-2H3. The van der Waals surface area contributed by atoms with Gasteiger partial charge >= 0.3 is 0 Å². The van der Waals surface area contributed by atoms with E-state index >= 15 is 0 Å². The van der Waals surface area contributed by atoms with Crippen molar-refractivity contribution in [3.05, 3.63) is 29.3 Å². The number of carbonyl (C=O) groups is 1. The summed E-state index contributed by atoms with van der Waals surface area (Å²) in [7, 11) is 3.21. The molecule has 0 fully saturated rings. The summed E-state index contributed by atoms with van der Waals surface area (Å²) < 4.78 is 10.3. The topological polar surface area (TPSA) is 35.5 Å². The van der Waals surface area contributed by atoms with Crippen LogP contribution in [0.2, 0.25) is 0 Å². The summed E-state index contributed by atoms with van der Waals surface area (Å²) in [5.74, 6) is 0.888. The van der Waals surface area contributed by atoms with Gasteiger partial charge in [-0.25, -0.2) is 0 Å². The third kappa shape index (κ3) is 1.75. The molecule has 1 aromatic rings. The van der Waals surface area contributed by atoms with Crippen LogP contribution >= 0.6 is 0 Å². The summed E-state index contributed by atoms with van der Waals surface area (Å²) in [6, 6.07) is 5.57. The van der Waals surface area contributed by atoms with E-state index in [9.17, 15) is 4.79 Å². The van der Waals surface area contributed by atoms with Gasteiger partial charge in [0.1, 0.15) is 11.9 Å². The number of methoxy groups -OCH3 is 2. The van der Waals surface area contributed by atoms with E-state index in [2.05, 4.69) is 0 Å². The van der Waals surface area contributed by atoms with Crippen LogP contribution < -0.4 is 4.74 Å². The van der Waals surface area contributed by atoms with Crippen LogP contribution in [0, 0.1) is 0 Å². The van der Waals surface area contributed by atoms with Crippen LogP contribution in [0.3, 0.4) is 0 Å². The first-order valence-corrected chi connectivity index (χ1v) is 5.00. The predicted octanol–water partition coefficient (Wildman–Crippen LogP) is 1.84. The molecule has 0 bridgehead atoms. The lowest BCUT2D eigenvalue weighted by Gasteiger charge is -2.22. The number of fused-ring (bicyclic) bond motifs is 1. The van der Waals surface area contributed by atoms with E-state index in [0.717, 1.165) is 29.7 Å². The second-order valence-electron chi connectivity index (χ2n) is 3.65. The second-order valence-corrected chi connectivity index (χ2v) is 3.65. The molecule has 0 aliphatic heterocycles.